The van der Waals surface area contributed by atoms with E-state index in [9.17, 15) is 76.6 Å². The van der Waals surface area contributed by atoms with Gasteiger partial charge in [-0.3, -0.25) is 0 Å². The lowest BCUT2D eigenvalue weighted by molar-refractivity contribution is -0.391. The molecule has 5 heterocycles. The van der Waals surface area contributed by atoms with Crippen molar-refractivity contribution in [2.24, 2.45) is 0 Å². The number of hydrogen-bond acceptors (Lipinski definition) is 24. The molecule has 0 saturated carbocycles. The van der Waals surface area contributed by atoms with E-state index < -0.39 is 174 Å². The van der Waals surface area contributed by atoms with E-state index in [1.54, 1.807) is 0 Å². The summed E-state index contributed by atoms with van der Waals surface area (Å²) in [6, 6.07) is 0. The van der Waals surface area contributed by atoms with Crippen LogP contribution in [-0.4, -0.2) is 251 Å². The predicted octanol–water partition coefficient (Wildman–Crippen LogP) is -10.6. The molecule has 5 fully saturated rings. The van der Waals surface area contributed by atoms with Gasteiger partial charge in [-0.1, -0.05) is 0 Å². The van der Waals surface area contributed by atoms with Crippen molar-refractivity contribution in [3.63, 3.8) is 0 Å². The molecule has 24 heteroatoms. The van der Waals surface area contributed by atoms with Crippen LogP contribution in [0.2, 0.25) is 0 Å². The molecule has 5 saturated heterocycles. The van der Waals surface area contributed by atoms with Crippen molar-refractivity contribution in [3.8, 4) is 0 Å². The van der Waals surface area contributed by atoms with Gasteiger partial charge in [0.1, 0.15) is 110 Å². The van der Waals surface area contributed by atoms with Crippen molar-refractivity contribution in [2.45, 2.75) is 141 Å². The van der Waals surface area contributed by atoms with Crippen LogP contribution in [0, 0.1) is 0 Å². The van der Waals surface area contributed by atoms with Gasteiger partial charge >= 0.3 is 0 Å². The summed E-state index contributed by atoms with van der Waals surface area (Å²) in [5, 5.41) is 155. The fraction of sp³-hybridized carbons (Fsp3) is 1.00. The smallest absolute Gasteiger partial charge is 0.187 e. The molecule has 304 valence electrons. The van der Waals surface area contributed by atoms with Gasteiger partial charge in [0.05, 0.1) is 33.0 Å². The molecule has 24 nitrogen and oxygen atoms in total. The minimum absolute atomic E-state index is 0.493. The molecule has 0 aromatic carbocycles. The first-order valence-corrected chi connectivity index (χ1v) is 16.4. The topological polar surface area (TPSA) is 387 Å². The van der Waals surface area contributed by atoms with Crippen LogP contribution in [0.15, 0.2) is 0 Å². The van der Waals surface area contributed by atoms with Gasteiger partial charge in [0, 0.05) is 0 Å². The van der Waals surface area contributed by atoms with Crippen molar-refractivity contribution in [3.05, 3.63) is 0 Å². The summed E-state index contributed by atoms with van der Waals surface area (Å²) in [6.07, 6.45) is -40.5. The Kier molecular flexibility index (Phi) is 14.5. The molecule has 0 aliphatic carbocycles. The molecule has 0 spiro atoms. The van der Waals surface area contributed by atoms with E-state index in [1.807, 2.05) is 0 Å². The average molecular weight is 769 g/mol. The molecule has 15 N–H and O–H groups in total. The first-order chi connectivity index (χ1) is 24.6. The SMILES string of the molecule is OC[C@H]1O[C@@H](O[C@H]2[C@H](O)[C@@H](O)[C@H](O[C@@H]3[C@@H](O)[C@@H](O[C@@H]4O[C@H](CO)[C@@H](O)[C@H](O)[C@H]4O[C@@H]4OC[C@@H](O)[C@H](O)[C@H]4O)CO[C@H]3O)O[C@@H]2CO)[C@H](O)[C@@H](O)[C@@H]1O. The largest absolute Gasteiger partial charge is 0.394 e. The molecule has 5 aliphatic rings. The molecule has 52 heavy (non-hydrogen) atoms. The number of aliphatic hydroxyl groups excluding tert-OH is 15. The van der Waals surface area contributed by atoms with E-state index >= 15 is 0 Å². The van der Waals surface area contributed by atoms with Gasteiger partial charge in [-0.25, -0.2) is 0 Å². The zero-order valence-electron chi connectivity index (χ0n) is 27.2. The number of aliphatic hydroxyl groups is 15. The Morgan fingerprint density at radius 2 is 0.865 bits per heavy atom. The molecule has 0 radical (unpaired) electrons. The van der Waals surface area contributed by atoms with Crippen molar-refractivity contribution >= 4 is 0 Å². The highest BCUT2D eigenvalue weighted by molar-refractivity contribution is 4.97. The molecular formula is C28H48O24. The highest BCUT2D eigenvalue weighted by Gasteiger charge is 2.55. The summed E-state index contributed by atoms with van der Waals surface area (Å²) in [4.78, 5) is 0. The Hall–Kier alpha value is -0.960. The maximum absolute atomic E-state index is 11.2. The fourth-order valence-electron chi connectivity index (χ4n) is 6.39. The molecule has 0 aromatic rings. The third-order valence-corrected chi connectivity index (χ3v) is 9.56. The lowest BCUT2D eigenvalue weighted by Gasteiger charge is -2.48. The van der Waals surface area contributed by atoms with E-state index in [0.29, 0.717) is 0 Å². The Bertz CT molecular complexity index is 1110. The van der Waals surface area contributed by atoms with Crippen LogP contribution < -0.4 is 0 Å². The normalized spacial score (nSPS) is 53.5. The minimum atomic E-state index is -2.06. The van der Waals surface area contributed by atoms with Crippen LogP contribution in [0.3, 0.4) is 0 Å². The van der Waals surface area contributed by atoms with E-state index in [2.05, 4.69) is 0 Å². The van der Waals surface area contributed by atoms with Gasteiger partial charge in [-0.2, -0.15) is 0 Å². The van der Waals surface area contributed by atoms with Crippen LogP contribution in [0.4, 0.5) is 0 Å². The molecule has 5 aliphatic heterocycles. The number of rotatable bonds is 11. The number of ether oxygens (including phenoxy) is 9. The Balaban J connectivity index is 1.26. The second-order valence-corrected chi connectivity index (χ2v) is 13.1. The molecule has 0 bridgehead atoms. The Morgan fingerprint density at radius 1 is 0.385 bits per heavy atom. The third kappa shape index (κ3) is 8.55. The minimum Gasteiger partial charge on any atom is -0.394 e. The zero-order valence-corrected chi connectivity index (χ0v) is 27.2. The van der Waals surface area contributed by atoms with Gasteiger partial charge < -0.3 is 119 Å². The quantitative estimate of drug-likeness (QED) is 0.0927. The Morgan fingerprint density at radius 3 is 1.48 bits per heavy atom. The lowest BCUT2D eigenvalue weighted by atomic mass is 9.96. The standard InChI is InChI=1S/C28H48O24/c29-1-7-12(34)15(37)19(41)26(46-7)50-21-9(3-31)48-27(20(42)17(21)39)51-22-14(36)10(5-44-24(22)43)49-28-23(16(38)13(35)8(2-30)47-28)52-25-18(40)11(33)6(32)4-45-25/h6-43H,1-5H2/t6-,7-,8-,9-,10+,11+,12-,13-,14+,15+,16+,17-,18-,19-,20-,21-,22-,23-,24-,25+,26+,27+,28+/m1/s1. The summed E-state index contributed by atoms with van der Waals surface area (Å²) in [5.74, 6) is 0. The van der Waals surface area contributed by atoms with Crippen LogP contribution in [-0.2, 0) is 42.6 Å². The van der Waals surface area contributed by atoms with Crippen LogP contribution in [0.1, 0.15) is 0 Å². The van der Waals surface area contributed by atoms with Crippen molar-refractivity contribution in [2.75, 3.05) is 33.0 Å². The fourth-order valence-corrected chi connectivity index (χ4v) is 6.39. The highest BCUT2D eigenvalue weighted by Crippen LogP contribution is 2.34. The van der Waals surface area contributed by atoms with Gasteiger partial charge in [-0.05, 0) is 0 Å². The summed E-state index contributed by atoms with van der Waals surface area (Å²) in [7, 11) is 0. The predicted molar refractivity (Wildman–Crippen MR) is 155 cm³/mol. The van der Waals surface area contributed by atoms with E-state index in [1.165, 1.54) is 0 Å². The van der Waals surface area contributed by atoms with Crippen LogP contribution >= 0.6 is 0 Å². The van der Waals surface area contributed by atoms with Gasteiger partial charge in [0.2, 0.25) is 0 Å². The highest BCUT2D eigenvalue weighted by atomic mass is 16.8. The summed E-state index contributed by atoms with van der Waals surface area (Å²) in [6.45, 7) is -3.63. The van der Waals surface area contributed by atoms with Crippen LogP contribution in [0.25, 0.3) is 0 Å². The maximum atomic E-state index is 11.2. The average Bonchev–Trinajstić information content (AvgIpc) is 3.13. The van der Waals surface area contributed by atoms with Crippen molar-refractivity contribution in [1.82, 2.24) is 0 Å². The zero-order chi connectivity index (χ0) is 38.2. The van der Waals surface area contributed by atoms with Crippen LogP contribution in [0.5, 0.6) is 0 Å². The molecular weight excluding hydrogens is 720 g/mol. The first kappa shape index (κ1) is 42.2. The Labute approximate surface area is 293 Å². The monoisotopic (exact) mass is 768 g/mol. The van der Waals surface area contributed by atoms with Gasteiger partial charge in [-0.15, -0.1) is 0 Å². The van der Waals surface area contributed by atoms with Gasteiger partial charge in [0.15, 0.2) is 31.5 Å². The van der Waals surface area contributed by atoms with E-state index in [4.69, 9.17) is 42.6 Å². The van der Waals surface area contributed by atoms with E-state index in [-0.39, 0.29) is 0 Å². The molecule has 5 rings (SSSR count). The molecule has 0 aromatic heterocycles. The first-order valence-electron chi connectivity index (χ1n) is 16.4. The second kappa shape index (κ2) is 17.9. The third-order valence-electron chi connectivity index (χ3n) is 9.56. The van der Waals surface area contributed by atoms with Crippen molar-refractivity contribution < 1.29 is 119 Å². The number of hydrogen-bond donors (Lipinski definition) is 15. The van der Waals surface area contributed by atoms with Gasteiger partial charge in [0.25, 0.3) is 0 Å². The summed E-state index contributed by atoms with van der Waals surface area (Å²) < 4.78 is 49.2. The molecule has 0 amide bonds. The second-order valence-electron chi connectivity index (χ2n) is 13.1. The molecule has 23 atom stereocenters. The van der Waals surface area contributed by atoms with E-state index in [0.717, 1.165) is 0 Å². The summed E-state index contributed by atoms with van der Waals surface area (Å²) in [5.41, 5.74) is 0. The summed E-state index contributed by atoms with van der Waals surface area (Å²) >= 11 is 0. The molecule has 0 unspecified atom stereocenters. The maximum Gasteiger partial charge on any atom is 0.187 e. The van der Waals surface area contributed by atoms with Crippen molar-refractivity contribution in [1.29, 1.82) is 0 Å². The lowest BCUT2D eigenvalue weighted by Crippen LogP contribution is -2.66.